The normalized spacial score (nSPS) is 16.4. The number of nitrogens with zero attached hydrogens (tertiary/aromatic N) is 1. The van der Waals surface area contributed by atoms with Gasteiger partial charge >= 0.3 is 6.61 Å². The van der Waals surface area contributed by atoms with Crippen molar-refractivity contribution in [2.75, 3.05) is 19.6 Å². The van der Waals surface area contributed by atoms with Crippen molar-refractivity contribution in [1.29, 1.82) is 0 Å². The number of ether oxygens (including phenoxy) is 1. The summed E-state index contributed by atoms with van der Waals surface area (Å²) in [5, 5.41) is 2.83. The lowest BCUT2D eigenvalue weighted by atomic mass is 10.1. The van der Waals surface area contributed by atoms with Crippen molar-refractivity contribution in [3.63, 3.8) is 0 Å². The topological polar surface area (TPSA) is 54.7 Å². The van der Waals surface area contributed by atoms with E-state index in [0.29, 0.717) is 6.54 Å². The largest absolute Gasteiger partial charge is 0.468 e. The molecule has 0 spiro atoms. The average Bonchev–Trinajstić information content (AvgIpc) is 3.17. The molecule has 5 nitrogen and oxygen atoms in total. The Morgan fingerprint density at radius 2 is 1.92 bits per heavy atom. The Hall–Kier alpha value is -2.41. The van der Waals surface area contributed by atoms with Crippen LogP contribution in [0.15, 0.2) is 47.1 Å². The number of hydrogen-bond donors (Lipinski definition) is 1. The Labute approximate surface area is 150 Å². The van der Waals surface area contributed by atoms with Crippen LogP contribution in [0.1, 0.15) is 41.4 Å². The second-order valence-electron chi connectivity index (χ2n) is 6.21. The van der Waals surface area contributed by atoms with Gasteiger partial charge in [0.05, 0.1) is 17.9 Å². The third kappa shape index (κ3) is 4.60. The van der Waals surface area contributed by atoms with Crippen LogP contribution in [0.4, 0.5) is 8.78 Å². The number of hydrogen-bond acceptors (Lipinski definition) is 4. The summed E-state index contributed by atoms with van der Waals surface area (Å²) in [6.45, 7) is -0.776. The summed E-state index contributed by atoms with van der Waals surface area (Å²) in [7, 11) is 0. The van der Waals surface area contributed by atoms with Crippen LogP contribution in [0.2, 0.25) is 0 Å². The summed E-state index contributed by atoms with van der Waals surface area (Å²) in [5.41, 5.74) is 0.0876. The maximum Gasteiger partial charge on any atom is 0.387 e. The number of carbonyl (C=O) groups is 1. The number of rotatable bonds is 7. The van der Waals surface area contributed by atoms with Crippen LogP contribution in [0, 0.1) is 0 Å². The number of carbonyl (C=O) groups excluding carboxylic acids is 1. The summed E-state index contributed by atoms with van der Waals surface area (Å²) in [5.74, 6) is 0.201. The number of benzene rings is 1. The van der Waals surface area contributed by atoms with E-state index in [1.54, 1.807) is 18.4 Å². The number of para-hydroxylation sites is 1. The van der Waals surface area contributed by atoms with E-state index in [1.165, 1.54) is 18.6 Å². The fourth-order valence-electron chi connectivity index (χ4n) is 3.26. The highest BCUT2D eigenvalue weighted by molar-refractivity contribution is 5.96. The first-order valence-corrected chi connectivity index (χ1v) is 8.74. The predicted octanol–water partition coefficient (Wildman–Crippen LogP) is 3.84. The van der Waals surface area contributed by atoms with Crippen molar-refractivity contribution in [3.8, 4) is 5.75 Å². The van der Waals surface area contributed by atoms with Crippen LogP contribution in [0.25, 0.3) is 0 Å². The first-order chi connectivity index (χ1) is 12.6. The molecule has 1 aliphatic rings. The van der Waals surface area contributed by atoms with Crippen LogP contribution < -0.4 is 10.1 Å². The fraction of sp³-hybridized carbons (Fsp3) is 0.421. The smallest absolute Gasteiger partial charge is 0.387 e. The van der Waals surface area contributed by atoms with Gasteiger partial charge in [0, 0.05) is 6.54 Å². The molecule has 1 aromatic carbocycles. The Kier molecular flexibility index (Phi) is 6.22. The van der Waals surface area contributed by atoms with Crippen molar-refractivity contribution in [3.05, 3.63) is 54.0 Å². The van der Waals surface area contributed by atoms with Crippen molar-refractivity contribution in [2.24, 2.45) is 0 Å². The highest BCUT2D eigenvalue weighted by Gasteiger charge is 2.25. The number of halogens is 2. The molecule has 1 fully saturated rings. The quantitative estimate of drug-likeness (QED) is 0.811. The Bertz CT molecular complexity index is 701. The van der Waals surface area contributed by atoms with E-state index < -0.39 is 12.5 Å². The molecule has 1 aliphatic heterocycles. The lowest BCUT2D eigenvalue weighted by Crippen LogP contribution is -2.40. The fourth-order valence-corrected chi connectivity index (χ4v) is 3.26. The summed E-state index contributed by atoms with van der Waals surface area (Å²) < 4.78 is 35.1. The Morgan fingerprint density at radius 1 is 1.15 bits per heavy atom. The summed E-state index contributed by atoms with van der Waals surface area (Å²) in [6.07, 6.45) is 5.03. The summed E-state index contributed by atoms with van der Waals surface area (Å²) >= 11 is 0. The van der Waals surface area contributed by atoms with E-state index in [2.05, 4.69) is 15.0 Å². The predicted molar refractivity (Wildman–Crippen MR) is 92.3 cm³/mol. The SMILES string of the molecule is O=C(NCC(c1ccco1)N1CCCCC1)c1ccccc1OC(F)F. The van der Waals surface area contributed by atoms with Crippen molar-refractivity contribution < 1.29 is 22.7 Å². The molecule has 7 heteroatoms. The first-order valence-electron chi connectivity index (χ1n) is 8.74. The first kappa shape index (κ1) is 18.4. The van der Waals surface area contributed by atoms with Gasteiger partial charge in [0.15, 0.2) is 0 Å². The summed E-state index contributed by atoms with van der Waals surface area (Å²) in [4.78, 5) is 14.8. The highest BCUT2D eigenvalue weighted by Crippen LogP contribution is 2.25. The molecule has 1 amide bonds. The molecular formula is C19H22F2N2O3. The average molecular weight is 364 g/mol. The van der Waals surface area contributed by atoms with Crippen molar-refractivity contribution >= 4 is 5.91 Å². The molecule has 0 bridgehead atoms. The van der Waals surface area contributed by atoms with Crippen LogP contribution in [0.5, 0.6) is 5.75 Å². The molecule has 2 heterocycles. The van der Waals surface area contributed by atoms with Crippen LogP contribution >= 0.6 is 0 Å². The third-order valence-electron chi connectivity index (χ3n) is 4.51. The monoisotopic (exact) mass is 364 g/mol. The van der Waals surface area contributed by atoms with E-state index in [4.69, 9.17) is 4.42 Å². The zero-order valence-electron chi connectivity index (χ0n) is 14.4. The van der Waals surface area contributed by atoms with Gasteiger partial charge < -0.3 is 14.5 Å². The molecular weight excluding hydrogens is 342 g/mol. The molecule has 0 saturated carbocycles. The molecule has 2 aromatic rings. The lowest BCUT2D eigenvalue weighted by Gasteiger charge is -2.33. The zero-order chi connectivity index (χ0) is 18.4. The standard InChI is InChI=1S/C19H22F2N2O3/c20-19(21)26-16-8-3-2-7-14(16)18(24)22-13-15(17-9-6-12-25-17)23-10-4-1-5-11-23/h2-3,6-9,12,15,19H,1,4-5,10-11,13H2,(H,22,24). The van der Waals surface area contributed by atoms with Gasteiger partial charge in [-0.3, -0.25) is 9.69 Å². The van der Waals surface area contributed by atoms with Gasteiger partial charge in [0.25, 0.3) is 5.91 Å². The number of likely N-dealkylation sites (tertiary alicyclic amines) is 1. The zero-order valence-corrected chi connectivity index (χ0v) is 14.4. The molecule has 3 rings (SSSR count). The second-order valence-corrected chi connectivity index (χ2v) is 6.21. The Balaban J connectivity index is 1.70. The lowest BCUT2D eigenvalue weighted by molar-refractivity contribution is -0.0501. The number of amides is 1. The van der Waals surface area contributed by atoms with E-state index in [1.807, 2.05) is 12.1 Å². The second kappa shape index (κ2) is 8.80. The molecule has 26 heavy (non-hydrogen) atoms. The van der Waals surface area contributed by atoms with E-state index >= 15 is 0 Å². The van der Waals surface area contributed by atoms with Crippen LogP contribution in [-0.2, 0) is 0 Å². The Morgan fingerprint density at radius 3 is 2.62 bits per heavy atom. The van der Waals surface area contributed by atoms with Gasteiger partial charge in [0.2, 0.25) is 0 Å². The van der Waals surface area contributed by atoms with Gasteiger partial charge in [0.1, 0.15) is 11.5 Å². The number of furan rings is 1. The molecule has 1 saturated heterocycles. The van der Waals surface area contributed by atoms with Gasteiger partial charge in [-0.15, -0.1) is 0 Å². The molecule has 1 unspecified atom stereocenters. The molecule has 0 aliphatic carbocycles. The number of piperidine rings is 1. The van der Waals surface area contributed by atoms with Crippen LogP contribution in [-0.4, -0.2) is 37.1 Å². The van der Waals surface area contributed by atoms with E-state index in [-0.39, 0.29) is 17.4 Å². The van der Waals surface area contributed by atoms with Crippen LogP contribution in [0.3, 0.4) is 0 Å². The minimum atomic E-state index is -2.98. The number of alkyl halides is 2. The molecule has 0 radical (unpaired) electrons. The molecule has 1 N–H and O–H groups in total. The third-order valence-corrected chi connectivity index (χ3v) is 4.51. The minimum Gasteiger partial charge on any atom is -0.468 e. The van der Waals surface area contributed by atoms with Crippen molar-refractivity contribution in [1.82, 2.24) is 10.2 Å². The van der Waals surface area contributed by atoms with Gasteiger partial charge in [-0.25, -0.2) is 0 Å². The maximum absolute atomic E-state index is 12.5. The highest BCUT2D eigenvalue weighted by atomic mass is 19.3. The van der Waals surface area contributed by atoms with Gasteiger partial charge in [-0.05, 0) is 50.2 Å². The molecule has 1 atom stereocenters. The van der Waals surface area contributed by atoms with Crippen molar-refractivity contribution in [2.45, 2.75) is 31.9 Å². The number of nitrogens with one attached hydrogen (secondary N) is 1. The van der Waals surface area contributed by atoms with Gasteiger partial charge in [-0.2, -0.15) is 8.78 Å². The minimum absolute atomic E-state index is 0.0857. The molecule has 1 aromatic heterocycles. The molecule has 140 valence electrons. The maximum atomic E-state index is 12.5. The van der Waals surface area contributed by atoms with E-state index in [0.717, 1.165) is 31.7 Å². The van der Waals surface area contributed by atoms with E-state index in [9.17, 15) is 13.6 Å². The van der Waals surface area contributed by atoms with Gasteiger partial charge in [-0.1, -0.05) is 18.6 Å². The summed E-state index contributed by atoms with van der Waals surface area (Å²) in [6, 6.07) is 9.61.